The molecule has 2 N–H and O–H groups in total. The molecule has 2 aromatic carbocycles. The average Bonchev–Trinajstić information content (AvgIpc) is 3.29. The Bertz CT molecular complexity index is 1080. The number of nitrogens with two attached hydrogens (primary N) is 1. The van der Waals surface area contributed by atoms with Crippen molar-refractivity contribution in [1.82, 2.24) is 25.1 Å². The van der Waals surface area contributed by atoms with Gasteiger partial charge in [-0.25, -0.2) is 4.39 Å². The van der Waals surface area contributed by atoms with Crippen molar-refractivity contribution in [3.05, 3.63) is 59.9 Å². The van der Waals surface area contributed by atoms with Gasteiger partial charge in [-0.2, -0.15) is 9.67 Å². The molecule has 27 heavy (non-hydrogen) atoms. The lowest BCUT2D eigenvalue weighted by atomic mass is 10.0. The van der Waals surface area contributed by atoms with Crippen LogP contribution in [0.25, 0.3) is 28.7 Å². The Hall–Kier alpha value is -3.55. The molecular formula is C19H17FN6O. The number of nitrogens with zero attached hydrogens (tertiary/aromatic N) is 5. The molecule has 0 spiro atoms. The number of benzene rings is 2. The first-order valence-electron chi connectivity index (χ1n) is 8.45. The van der Waals surface area contributed by atoms with Crippen molar-refractivity contribution in [1.29, 1.82) is 0 Å². The fourth-order valence-electron chi connectivity index (χ4n) is 2.70. The minimum absolute atomic E-state index is 0.0794. The normalized spacial score (nSPS) is 11.3. The molecule has 0 bridgehead atoms. The Morgan fingerprint density at radius 3 is 2.52 bits per heavy atom. The number of anilines is 1. The van der Waals surface area contributed by atoms with Crippen LogP contribution in [0.3, 0.4) is 0 Å². The fraction of sp³-hybridized carbons (Fsp3) is 0.158. The highest BCUT2D eigenvalue weighted by Crippen LogP contribution is 2.27. The Kier molecular flexibility index (Phi) is 4.15. The molecule has 7 nitrogen and oxygen atoms in total. The molecule has 4 rings (SSSR count). The SMILES string of the molecule is CC(C)c1ccc(-n2nnc(-c3nc(-c4ccccc4F)no3)c2N)cc1. The van der Waals surface area contributed by atoms with E-state index in [1.807, 2.05) is 24.3 Å². The molecule has 0 aliphatic heterocycles. The summed E-state index contributed by atoms with van der Waals surface area (Å²) in [6, 6.07) is 14.1. The van der Waals surface area contributed by atoms with E-state index in [0.717, 1.165) is 5.69 Å². The maximum Gasteiger partial charge on any atom is 0.282 e. The summed E-state index contributed by atoms with van der Waals surface area (Å²) in [6.07, 6.45) is 0. The zero-order valence-electron chi connectivity index (χ0n) is 14.8. The van der Waals surface area contributed by atoms with E-state index in [4.69, 9.17) is 10.3 Å². The molecule has 0 atom stereocenters. The van der Waals surface area contributed by atoms with E-state index in [2.05, 4.69) is 34.3 Å². The Labute approximate surface area is 154 Å². The molecule has 8 heteroatoms. The number of aromatic nitrogens is 5. The van der Waals surface area contributed by atoms with Crippen molar-refractivity contribution in [3.8, 4) is 28.7 Å². The molecule has 0 aliphatic carbocycles. The summed E-state index contributed by atoms with van der Waals surface area (Å²) < 4.78 is 20.6. The van der Waals surface area contributed by atoms with Gasteiger partial charge in [0, 0.05) is 0 Å². The van der Waals surface area contributed by atoms with E-state index in [1.54, 1.807) is 18.2 Å². The van der Waals surface area contributed by atoms with Gasteiger partial charge in [-0.05, 0) is 35.7 Å². The zero-order valence-corrected chi connectivity index (χ0v) is 14.8. The van der Waals surface area contributed by atoms with E-state index >= 15 is 0 Å². The number of hydrogen-bond acceptors (Lipinski definition) is 6. The summed E-state index contributed by atoms with van der Waals surface area (Å²) in [5.74, 6) is 0.454. The van der Waals surface area contributed by atoms with Gasteiger partial charge in [-0.15, -0.1) is 5.10 Å². The number of hydrogen-bond donors (Lipinski definition) is 1. The van der Waals surface area contributed by atoms with Crippen LogP contribution < -0.4 is 5.73 Å². The smallest absolute Gasteiger partial charge is 0.282 e. The zero-order chi connectivity index (χ0) is 19.0. The lowest BCUT2D eigenvalue weighted by Crippen LogP contribution is -2.02. The molecule has 2 heterocycles. The summed E-state index contributed by atoms with van der Waals surface area (Å²) in [5, 5.41) is 11.9. The van der Waals surface area contributed by atoms with Crippen molar-refractivity contribution < 1.29 is 8.91 Å². The van der Waals surface area contributed by atoms with Crippen LogP contribution in [0.2, 0.25) is 0 Å². The van der Waals surface area contributed by atoms with Gasteiger partial charge >= 0.3 is 0 Å². The number of halogens is 1. The first-order valence-corrected chi connectivity index (χ1v) is 8.45. The van der Waals surface area contributed by atoms with Crippen molar-refractivity contribution in [2.24, 2.45) is 0 Å². The molecule has 0 radical (unpaired) electrons. The van der Waals surface area contributed by atoms with Crippen molar-refractivity contribution in [3.63, 3.8) is 0 Å². The van der Waals surface area contributed by atoms with Gasteiger partial charge in [0.05, 0.1) is 11.3 Å². The largest absolute Gasteiger partial charge is 0.382 e. The van der Waals surface area contributed by atoms with E-state index in [0.29, 0.717) is 5.92 Å². The predicted molar refractivity (Wildman–Crippen MR) is 98.5 cm³/mol. The molecular weight excluding hydrogens is 347 g/mol. The van der Waals surface area contributed by atoms with Gasteiger partial charge in [-0.3, -0.25) is 0 Å². The van der Waals surface area contributed by atoms with Crippen LogP contribution in [-0.4, -0.2) is 25.1 Å². The van der Waals surface area contributed by atoms with Crippen molar-refractivity contribution in [2.75, 3.05) is 5.73 Å². The third-order valence-corrected chi connectivity index (χ3v) is 4.25. The van der Waals surface area contributed by atoms with Gasteiger partial charge in [0.25, 0.3) is 5.89 Å². The molecule has 0 fully saturated rings. The lowest BCUT2D eigenvalue weighted by molar-refractivity contribution is 0.430. The summed E-state index contributed by atoms with van der Waals surface area (Å²) in [4.78, 5) is 4.20. The Morgan fingerprint density at radius 2 is 1.81 bits per heavy atom. The minimum Gasteiger partial charge on any atom is -0.382 e. The van der Waals surface area contributed by atoms with Crippen LogP contribution in [0.15, 0.2) is 53.1 Å². The summed E-state index contributed by atoms with van der Waals surface area (Å²) in [7, 11) is 0. The van der Waals surface area contributed by atoms with Gasteiger partial charge in [0.15, 0.2) is 11.5 Å². The minimum atomic E-state index is -0.438. The van der Waals surface area contributed by atoms with E-state index in [9.17, 15) is 4.39 Å². The Balaban J connectivity index is 1.68. The van der Waals surface area contributed by atoms with Crippen LogP contribution in [0.1, 0.15) is 25.3 Å². The van der Waals surface area contributed by atoms with E-state index in [1.165, 1.54) is 16.3 Å². The quantitative estimate of drug-likeness (QED) is 0.591. The monoisotopic (exact) mass is 364 g/mol. The lowest BCUT2D eigenvalue weighted by Gasteiger charge is -2.07. The van der Waals surface area contributed by atoms with Gasteiger partial charge in [0.2, 0.25) is 5.82 Å². The Morgan fingerprint density at radius 1 is 1.07 bits per heavy atom. The molecule has 0 unspecified atom stereocenters. The van der Waals surface area contributed by atoms with Crippen LogP contribution in [0, 0.1) is 5.82 Å². The topological polar surface area (TPSA) is 95.6 Å². The number of nitrogen functional groups attached to an aromatic ring is 1. The molecule has 0 aliphatic rings. The van der Waals surface area contributed by atoms with Crippen LogP contribution in [0.4, 0.5) is 10.2 Å². The van der Waals surface area contributed by atoms with Crippen molar-refractivity contribution in [2.45, 2.75) is 19.8 Å². The molecule has 136 valence electrons. The highest BCUT2D eigenvalue weighted by molar-refractivity contribution is 5.66. The molecule has 0 saturated carbocycles. The molecule has 0 saturated heterocycles. The number of rotatable bonds is 4. The molecule has 2 aromatic heterocycles. The standard InChI is InChI=1S/C19H17FN6O/c1-11(2)12-7-9-13(10-8-12)26-17(21)16(23-25-26)19-22-18(24-27-19)14-5-3-4-6-15(14)20/h3-11H,21H2,1-2H3. The highest BCUT2D eigenvalue weighted by Gasteiger charge is 2.20. The predicted octanol–water partition coefficient (Wildman–Crippen LogP) is 3.83. The van der Waals surface area contributed by atoms with E-state index in [-0.39, 0.29) is 28.8 Å². The highest BCUT2D eigenvalue weighted by atomic mass is 19.1. The third kappa shape index (κ3) is 3.05. The molecule has 0 amide bonds. The van der Waals surface area contributed by atoms with Crippen molar-refractivity contribution >= 4 is 5.82 Å². The van der Waals surface area contributed by atoms with Crippen LogP contribution >= 0.6 is 0 Å². The summed E-state index contributed by atoms with van der Waals surface area (Å²) in [6.45, 7) is 4.25. The van der Waals surface area contributed by atoms with Crippen LogP contribution in [-0.2, 0) is 0 Å². The van der Waals surface area contributed by atoms with Crippen LogP contribution in [0.5, 0.6) is 0 Å². The second-order valence-corrected chi connectivity index (χ2v) is 6.38. The second-order valence-electron chi connectivity index (χ2n) is 6.38. The first-order chi connectivity index (χ1) is 13.0. The van der Waals surface area contributed by atoms with Gasteiger partial charge in [0.1, 0.15) is 5.82 Å². The summed E-state index contributed by atoms with van der Waals surface area (Å²) in [5.41, 5.74) is 8.65. The average molecular weight is 364 g/mol. The third-order valence-electron chi connectivity index (χ3n) is 4.25. The second kappa shape index (κ2) is 6.64. The van der Waals surface area contributed by atoms with Gasteiger partial charge in [-0.1, -0.05) is 48.5 Å². The summed E-state index contributed by atoms with van der Waals surface area (Å²) >= 11 is 0. The first kappa shape index (κ1) is 16.9. The van der Waals surface area contributed by atoms with Gasteiger partial charge < -0.3 is 10.3 Å². The maximum atomic E-state index is 13.9. The molecule has 4 aromatic rings. The van der Waals surface area contributed by atoms with E-state index < -0.39 is 5.82 Å². The fourth-order valence-corrected chi connectivity index (χ4v) is 2.70. The maximum absolute atomic E-state index is 13.9.